The second-order valence-corrected chi connectivity index (χ2v) is 3.38. The van der Waals surface area contributed by atoms with Gasteiger partial charge in [-0.1, -0.05) is 0 Å². The van der Waals surface area contributed by atoms with Crippen LogP contribution in [0.5, 0.6) is 5.75 Å². The quantitative estimate of drug-likeness (QED) is 0.651. The van der Waals surface area contributed by atoms with Crippen LogP contribution in [-0.2, 0) is 0 Å². The third-order valence-corrected chi connectivity index (χ3v) is 2.27. The molecule has 74 valence electrons. The number of ether oxygens (including phenoxy) is 1. The Kier molecular flexibility index (Phi) is 2.26. The number of carbonyl (C=O) groups excluding carboxylic acids is 1. The molecule has 1 heterocycles. The zero-order chi connectivity index (χ0) is 10.8. The van der Waals surface area contributed by atoms with Gasteiger partial charge in [0.25, 0.3) is 0 Å². The predicted octanol–water partition coefficient (Wildman–Crippen LogP) is 2.19. The molecule has 0 bridgehead atoms. The number of ketones is 1. The molecule has 0 aromatic heterocycles. The molecule has 1 aliphatic rings. The Morgan fingerprint density at radius 2 is 2.33 bits per heavy atom. The standard InChI is InChI=1S/C12H9NO2/c1-8(14)10-2-3-12-11(5-10)4-9(6-13)7-15-12/h2-5H,7H2,1H3. The molecule has 0 amide bonds. The van der Waals surface area contributed by atoms with E-state index in [1.165, 1.54) is 6.92 Å². The highest BCUT2D eigenvalue weighted by atomic mass is 16.5. The molecule has 3 heteroatoms. The van der Waals surface area contributed by atoms with Crippen LogP contribution in [0, 0.1) is 11.3 Å². The van der Waals surface area contributed by atoms with Crippen molar-refractivity contribution in [2.24, 2.45) is 0 Å². The Morgan fingerprint density at radius 1 is 1.53 bits per heavy atom. The fourth-order valence-corrected chi connectivity index (χ4v) is 1.46. The molecule has 2 rings (SSSR count). The van der Waals surface area contributed by atoms with Crippen molar-refractivity contribution in [2.75, 3.05) is 6.61 Å². The van der Waals surface area contributed by atoms with Crippen LogP contribution in [0.2, 0.25) is 0 Å². The highest BCUT2D eigenvalue weighted by molar-refractivity contribution is 5.95. The molecule has 0 saturated carbocycles. The summed E-state index contributed by atoms with van der Waals surface area (Å²) in [5.41, 5.74) is 2.00. The summed E-state index contributed by atoms with van der Waals surface area (Å²) < 4.78 is 5.36. The summed E-state index contributed by atoms with van der Waals surface area (Å²) in [6.07, 6.45) is 1.76. The molecule has 0 atom stereocenters. The maximum Gasteiger partial charge on any atom is 0.159 e. The number of hydrogen-bond acceptors (Lipinski definition) is 3. The second kappa shape index (κ2) is 3.58. The molecule has 1 aromatic rings. The van der Waals surface area contributed by atoms with Gasteiger partial charge in [0, 0.05) is 11.1 Å². The zero-order valence-electron chi connectivity index (χ0n) is 8.28. The Morgan fingerprint density at radius 3 is 3.00 bits per heavy atom. The van der Waals surface area contributed by atoms with Gasteiger partial charge in [0.2, 0.25) is 0 Å². The van der Waals surface area contributed by atoms with E-state index in [0.717, 1.165) is 11.3 Å². The molecule has 15 heavy (non-hydrogen) atoms. The number of Topliss-reactive ketones (excluding diaryl/α,β-unsaturated/α-hetero) is 1. The van der Waals surface area contributed by atoms with Crippen molar-refractivity contribution in [3.05, 3.63) is 34.9 Å². The monoisotopic (exact) mass is 199 g/mol. The van der Waals surface area contributed by atoms with Gasteiger partial charge < -0.3 is 4.74 Å². The zero-order valence-corrected chi connectivity index (χ0v) is 8.28. The van der Waals surface area contributed by atoms with Crippen LogP contribution in [0.1, 0.15) is 22.8 Å². The minimum Gasteiger partial charge on any atom is -0.488 e. The summed E-state index contributed by atoms with van der Waals surface area (Å²) in [6, 6.07) is 7.28. The van der Waals surface area contributed by atoms with Crippen molar-refractivity contribution in [3.63, 3.8) is 0 Å². The normalized spacial score (nSPS) is 13.2. The first kappa shape index (κ1) is 9.47. The van der Waals surface area contributed by atoms with Gasteiger partial charge in [0.1, 0.15) is 12.4 Å². The lowest BCUT2D eigenvalue weighted by Gasteiger charge is -2.14. The summed E-state index contributed by atoms with van der Waals surface area (Å²) in [4.78, 5) is 11.2. The first-order chi connectivity index (χ1) is 7.20. The lowest BCUT2D eigenvalue weighted by atomic mass is 10.0. The summed E-state index contributed by atoms with van der Waals surface area (Å²) >= 11 is 0. The van der Waals surface area contributed by atoms with E-state index in [2.05, 4.69) is 0 Å². The predicted molar refractivity (Wildman–Crippen MR) is 55.5 cm³/mol. The second-order valence-electron chi connectivity index (χ2n) is 3.38. The molecule has 0 saturated heterocycles. The minimum absolute atomic E-state index is 0.00952. The first-order valence-electron chi connectivity index (χ1n) is 4.59. The van der Waals surface area contributed by atoms with E-state index in [0.29, 0.717) is 17.7 Å². The van der Waals surface area contributed by atoms with Crippen LogP contribution in [0.4, 0.5) is 0 Å². The van der Waals surface area contributed by atoms with Gasteiger partial charge in [0.15, 0.2) is 5.78 Å². The van der Waals surface area contributed by atoms with Crippen molar-refractivity contribution in [1.82, 2.24) is 0 Å². The lowest BCUT2D eigenvalue weighted by Crippen LogP contribution is -2.06. The molecule has 0 unspecified atom stereocenters. The highest BCUT2D eigenvalue weighted by Crippen LogP contribution is 2.27. The van der Waals surface area contributed by atoms with Gasteiger partial charge in [-0.15, -0.1) is 0 Å². The lowest BCUT2D eigenvalue weighted by molar-refractivity contribution is 0.101. The Labute approximate surface area is 87.6 Å². The largest absolute Gasteiger partial charge is 0.488 e. The van der Waals surface area contributed by atoms with Crippen LogP contribution in [-0.4, -0.2) is 12.4 Å². The molecule has 1 aromatic carbocycles. The topological polar surface area (TPSA) is 50.1 Å². The summed E-state index contributed by atoms with van der Waals surface area (Å²) in [5, 5.41) is 8.73. The molecule has 0 radical (unpaired) electrons. The maximum atomic E-state index is 11.2. The van der Waals surface area contributed by atoms with E-state index in [-0.39, 0.29) is 5.78 Å². The van der Waals surface area contributed by atoms with Crippen molar-refractivity contribution in [2.45, 2.75) is 6.92 Å². The number of benzene rings is 1. The molecule has 0 aliphatic carbocycles. The fourth-order valence-electron chi connectivity index (χ4n) is 1.46. The van der Waals surface area contributed by atoms with E-state index in [9.17, 15) is 4.79 Å². The van der Waals surface area contributed by atoms with Gasteiger partial charge in [-0.3, -0.25) is 4.79 Å². The summed E-state index contributed by atoms with van der Waals surface area (Å²) in [5.74, 6) is 0.731. The van der Waals surface area contributed by atoms with Crippen molar-refractivity contribution in [3.8, 4) is 11.8 Å². The van der Waals surface area contributed by atoms with E-state index < -0.39 is 0 Å². The van der Waals surface area contributed by atoms with E-state index in [1.807, 2.05) is 6.07 Å². The number of nitrogens with zero attached hydrogens (tertiary/aromatic N) is 1. The minimum atomic E-state index is 0.00952. The fraction of sp³-hybridized carbons (Fsp3) is 0.167. The summed E-state index contributed by atoms with van der Waals surface area (Å²) in [6.45, 7) is 1.82. The van der Waals surface area contributed by atoms with E-state index in [1.54, 1.807) is 24.3 Å². The van der Waals surface area contributed by atoms with Gasteiger partial charge in [-0.2, -0.15) is 5.26 Å². The maximum absolute atomic E-state index is 11.2. The number of carbonyl (C=O) groups is 1. The molecule has 0 N–H and O–H groups in total. The van der Waals surface area contributed by atoms with Crippen molar-refractivity contribution >= 4 is 11.9 Å². The van der Waals surface area contributed by atoms with Gasteiger partial charge in [-0.25, -0.2) is 0 Å². The van der Waals surface area contributed by atoms with Crippen LogP contribution in [0.25, 0.3) is 6.08 Å². The SMILES string of the molecule is CC(=O)c1ccc2c(c1)C=C(C#N)CO2. The molecular formula is C12H9NO2. The Hall–Kier alpha value is -2.08. The van der Waals surface area contributed by atoms with Crippen LogP contribution in [0.3, 0.4) is 0 Å². The van der Waals surface area contributed by atoms with Gasteiger partial charge in [-0.05, 0) is 31.2 Å². The van der Waals surface area contributed by atoms with Crippen LogP contribution >= 0.6 is 0 Å². The molecule has 1 aliphatic heterocycles. The molecular weight excluding hydrogens is 190 g/mol. The smallest absolute Gasteiger partial charge is 0.159 e. The first-order valence-corrected chi connectivity index (χ1v) is 4.59. The molecule has 0 fully saturated rings. The third-order valence-electron chi connectivity index (χ3n) is 2.27. The average Bonchev–Trinajstić information content (AvgIpc) is 2.27. The summed E-state index contributed by atoms with van der Waals surface area (Å²) in [7, 11) is 0. The number of fused-ring (bicyclic) bond motifs is 1. The Bertz CT molecular complexity index is 495. The van der Waals surface area contributed by atoms with Gasteiger partial charge in [0.05, 0.1) is 11.6 Å². The number of rotatable bonds is 1. The van der Waals surface area contributed by atoms with Crippen LogP contribution in [0.15, 0.2) is 23.8 Å². The number of nitriles is 1. The van der Waals surface area contributed by atoms with Crippen molar-refractivity contribution in [1.29, 1.82) is 5.26 Å². The van der Waals surface area contributed by atoms with E-state index >= 15 is 0 Å². The van der Waals surface area contributed by atoms with E-state index in [4.69, 9.17) is 10.00 Å². The van der Waals surface area contributed by atoms with Crippen molar-refractivity contribution < 1.29 is 9.53 Å². The average molecular weight is 199 g/mol. The van der Waals surface area contributed by atoms with Crippen LogP contribution < -0.4 is 4.74 Å². The molecule has 0 spiro atoms. The third kappa shape index (κ3) is 1.75. The number of hydrogen-bond donors (Lipinski definition) is 0. The van der Waals surface area contributed by atoms with Gasteiger partial charge >= 0.3 is 0 Å². The Balaban J connectivity index is 2.50. The molecule has 3 nitrogen and oxygen atoms in total. The highest BCUT2D eigenvalue weighted by Gasteiger charge is 2.12.